The van der Waals surface area contributed by atoms with E-state index in [2.05, 4.69) is 17.1 Å². The fraction of sp³-hybridized carbons (Fsp3) is 0.368. The van der Waals surface area contributed by atoms with Gasteiger partial charge in [-0.15, -0.1) is 35.5 Å². The number of thiophene rings is 1. The van der Waals surface area contributed by atoms with Crippen LogP contribution in [0.1, 0.15) is 38.1 Å². The first kappa shape index (κ1) is 21.8. The predicted octanol–water partition coefficient (Wildman–Crippen LogP) is 4.31. The first-order chi connectivity index (χ1) is 12.6. The molecule has 0 unspecified atom stereocenters. The Morgan fingerprint density at radius 3 is 2.74 bits per heavy atom. The predicted molar refractivity (Wildman–Crippen MR) is 114 cm³/mol. The molecule has 0 fully saturated rings. The molecule has 1 aliphatic heterocycles. The maximum atomic E-state index is 12.8. The summed E-state index contributed by atoms with van der Waals surface area (Å²) in [4.78, 5) is 29.5. The lowest BCUT2D eigenvalue weighted by atomic mass is 10.0. The number of carbonyl (C=O) groups excluding carboxylic acids is 2. The Morgan fingerprint density at radius 2 is 2.07 bits per heavy atom. The van der Waals surface area contributed by atoms with Gasteiger partial charge < -0.3 is 10.1 Å². The summed E-state index contributed by atoms with van der Waals surface area (Å²) in [6.45, 7) is 4.81. The zero-order chi connectivity index (χ0) is 18.7. The van der Waals surface area contributed by atoms with E-state index in [1.165, 1.54) is 30.2 Å². The number of nitrogens with zero attached hydrogens (tertiary/aromatic N) is 1. The van der Waals surface area contributed by atoms with Crippen molar-refractivity contribution in [3.05, 3.63) is 45.8 Å². The quantitative estimate of drug-likeness (QED) is 0.570. The smallest absolute Gasteiger partial charge is 0.341 e. The summed E-state index contributed by atoms with van der Waals surface area (Å²) in [6, 6.07) is 7.46. The third-order valence-electron chi connectivity index (χ3n) is 4.55. The summed E-state index contributed by atoms with van der Waals surface area (Å²) in [7, 11) is 1.38. The van der Waals surface area contributed by atoms with Crippen LogP contribution >= 0.6 is 35.5 Å². The second-order valence-corrected chi connectivity index (χ2v) is 7.93. The Labute approximate surface area is 173 Å². The molecule has 1 aliphatic rings. The topological polar surface area (TPSA) is 58.6 Å². The molecule has 27 heavy (non-hydrogen) atoms. The molecular weight excluding hydrogens is 404 g/mol. The highest BCUT2D eigenvalue weighted by Crippen LogP contribution is 2.38. The van der Waals surface area contributed by atoms with Crippen LogP contribution in [0.5, 0.6) is 0 Å². The van der Waals surface area contributed by atoms with E-state index in [9.17, 15) is 9.59 Å². The van der Waals surface area contributed by atoms with Crippen LogP contribution in [0, 0.1) is 0 Å². The number of likely N-dealkylation sites (N-methyl/N-ethyl adjacent to an activating group) is 1. The van der Waals surface area contributed by atoms with E-state index in [1.807, 2.05) is 24.5 Å². The van der Waals surface area contributed by atoms with Crippen LogP contribution in [0.4, 0.5) is 5.00 Å². The summed E-state index contributed by atoms with van der Waals surface area (Å²) in [5.41, 5.74) is 2.13. The van der Waals surface area contributed by atoms with Gasteiger partial charge in [0.1, 0.15) is 5.00 Å². The zero-order valence-corrected chi connectivity index (χ0v) is 18.0. The van der Waals surface area contributed by atoms with Gasteiger partial charge >= 0.3 is 5.97 Å². The van der Waals surface area contributed by atoms with Crippen molar-refractivity contribution in [2.75, 3.05) is 31.8 Å². The summed E-state index contributed by atoms with van der Waals surface area (Å²) in [5, 5.41) is 3.54. The third-order valence-corrected chi connectivity index (χ3v) is 6.48. The van der Waals surface area contributed by atoms with Crippen molar-refractivity contribution in [3.63, 3.8) is 0 Å². The number of nitrogens with one attached hydrogen (secondary N) is 1. The van der Waals surface area contributed by atoms with Crippen LogP contribution in [0.25, 0.3) is 0 Å². The molecule has 1 amide bonds. The average molecular weight is 427 g/mol. The van der Waals surface area contributed by atoms with Crippen molar-refractivity contribution in [1.82, 2.24) is 4.90 Å². The van der Waals surface area contributed by atoms with E-state index in [0.717, 1.165) is 41.4 Å². The lowest BCUT2D eigenvalue weighted by Crippen LogP contribution is -2.29. The molecule has 0 radical (unpaired) electrons. The largest absolute Gasteiger partial charge is 0.465 e. The number of amides is 1. The maximum Gasteiger partial charge on any atom is 0.341 e. The van der Waals surface area contributed by atoms with Crippen molar-refractivity contribution in [3.8, 4) is 0 Å². The number of anilines is 1. The second-order valence-electron chi connectivity index (χ2n) is 5.97. The molecule has 1 aromatic heterocycles. The number of hydrogen-bond donors (Lipinski definition) is 1. The molecular formula is C19H23ClN2O3S2. The highest BCUT2D eigenvalue weighted by molar-refractivity contribution is 7.98. The first-order valence-electron chi connectivity index (χ1n) is 8.48. The van der Waals surface area contributed by atoms with Crippen molar-refractivity contribution >= 4 is 52.4 Å². The standard InChI is InChI=1S/C19H22N2O3S2.ClH/c1-4-21-10-9-12-15(11-21)26-18(16(12)19(23)24-2)20-17(22)13-7-5-6-8-14(13)25-3;/h5-8H,4,9-11H2,1-3H3,(H,20,22);1H. The maximum absolute atomic E-state index is 12.8. The van der Waals surface area contributed by atoms with E-state index in [4.69, 9.17) is 4.74 Å². The molecule has 0 spiro atoms. The van der Waals surface area contributed by atoms with E-state index < -0.39 is 0 Å². The van der Waals surface area contributed by atoms with Crippen molar-refractivity contribution in [1.29, 1.82) is 0 Å². The van der Waals surface area contributed by atoms with Gasteiger partial charge in [-0.05, 0) is 36.9 Å². The molecule has 2 aromatic rings. The Kier molecular flexibility index (Phi) is 7.73. The number of halogens is 1. The first-order valence-corrected chi connectivity index (χ1v) is 10.5. The van der Waals surface area contributed by atoms with Crippen molar-refractivity contribution < 1.29 is 14.3 Å². The molecule has 0 saturated carbocycles. The molecule has 146 valence electrons. The van der Waals surface area contributed by atoms with E-state index in [0.29, 0.717) is 16.1 Å². The number of methoxy groups -OCH3 is 1. The van der Waals surface area contributed by atoms with Crippen molar-refractivity contribution in [2.24, 2.45) is 0 Å². The Bertz CT molecular complexity index is 838. The molecule has 0 aliphatic carbocycles. The minimum Gasteiger partial charge on any atom is -0.465 e. The Balaban J connectivity index is 0.00000261. The SMILES string of the molecule is CCN1CCc2c(sc(NC(=O)c3ccccc3SC)c2C(=O)OC)C1.Cl. The number of thioether (sulfide) groups is 1. The Morgan fingerprint density at radius 1 is 1.33 bits per heavy atom. The highest BCUT2D eigenvalue weighted by atomic mass is 35.5. The summed E-state index contributed by atoms with van der Waals surface area (Å²) >= 11 is 3.00. The van der Waals surface area contributed by atoms with Gasteiger partial charge in [-0.1, -0.05) is 19.1 Å². The van der Waals surface area contributed by atoms with Gasteiger partial charge in [-0.2, -0.15) is 0 Å². The van der Waals surface area contributed by atoms with E-state index in [1.54, 1.807) is 6.07 Å². The van der Waals surface area contributed by atoms with Crippen LogP contribution in [0.3, 0.4) is 0 Å². The molecule has 0 atom stereocenters. The van der Waals surface area contributed by atoms with Gasteiger partial charge in [0.15, 0.2) is 0 Å². The van der Waals surface area contributed by atoms with Crippen molar-refractivity contribution in [2.45, 2.75) is 24.8 Å². The number of esters is 1. The molecule has 8 heteroatoms. The molecule has 0 saturated heterocycles. The molecule has 1 aromatic carbocycles. The summed E-state index contributed by atoms with van der Waals surface area (Å²) in [5.74, 6) is -0.591. The van der Waals surface area contributed by atoms with Crippen LogP contribution in [-0.4, -0.2) is 43.2 Å². The minimum absolute atomic E-state index is 0. The number of hydrogen-bond acceptors (Lipinski definition) is 6. The van der Waals surface area contributed by atoms with Crippen LogP contribution in [0.2, 0.25) is 0 Å². The van der Waals surface area contributed by atoms with Gasteiger partial charge in [0, 0.05) is 22.9 Å². The second kappa shape index (κ2) is 9.59. The average Bonchev–Trinajstić information content (AvgIpc) is 3.03. The highest BCUT2D eigenvalue weighted by Gasteiger charge is 2.29. The van der Waals surface area contributed by atoms with Gasteiger partial charge in [-0.25, -0.2) is 4.79 Å². The van der Waals surface area contributed by atoms with Gasteiger partial charge in [0.05, 0.1) is 18.2 Å². The lowest BCUT2D eigenvalue weighted by molar-refractivity contribution is 0.0600. The zero-order valence-electron chi connectivity index (χ0n) is 15.5. The minimum atomic E-state index is -0.388. The molecule has 5 nitrogen and oxygen atoms in total. The van der Waals surface area contributed by atoms with Gasteiger partial charge in [0.2, 0.25) is 0 Å². The summed E-state index contributed by atoms with van der Waals surface area (Å²) in [6.07, 6.45) is 2.73. The number of ether oxygens (including phenoxy) is 1. The van der Waals surface area contributed by atoms with Gasteiger partial charge in [0.25, 0.3) is 5.91 Å². The summed E-state index contributed by atoms with van der Waals surface area (Å²) < 4.78 is 4.99. The fourth-order valence-electron chi connectivity index (χ4n) is 3.14. The van der Waals surface area contributed by atoms with Gasteiger partial charge in [-0.3, -0.25) is 9.69 Å². The fourth-order valence-corrected chi connectivity index (χ4v) is 5.00. The third kappa shape index (κ3) is 4.48. The molecule has 2 heterocycles. The van der Waals surface area contributed by atoms with E-state index >= 15 is 0 Å². The lowest BCUT2D eigenvalue weighted by Gasteiger charge is -2.25. The number of carbonyl (C=O) groups is 2. The number of rotatable bonds is 5. The normalized spacial score (nSPS) is 13.4. The monoisotopic (exact) mass is 426 g/mol. The van der Waals surface area contributed by atoms with E-state index in [-0.39, 0.29) is 24.3 Å². The van der Waals surface area contributed by atoms with Crippen LogP contribution in [-0.2, 0) is 17.7 Å². The molecule has 0 bridgehead atoms. The Hall–Kier alpha value is -1.54. The van der Waals surface area contributed by atoms with Crippen LogP contribution in [0.15, 0.2) is 29.2 Å². The molecule has 3 rings (SSSR count). The van der Waals surface area contributed by atoms with Crippen LogP contribution < -0.4 is 5.32 Å². The number of benzene rings is 1. The number of fused-ring (bicyclic) bond motifs is 1. The molecule has 1 N–H and O–H groups in total.